The molecular weight excluding hydrogens is 721 g/mol. The van der Waals surface area contributed by atoms with Crippen LogP contribution in [0.15, 0.2) is 206 Å². The van der Waals surface area contributed by atoms with Gasteiger partial charge >= 0.3 is 0 Å². The largest absolute Gasteiger partial charge is 0.228 e. The number of rotatable bonds is 5. The van der Waals surface area contributed by atoms with Crippen molar-refractivity contribution in [2.24, 2.45) is 0 Å². The average Bonchev–Trinajstić information content (AvgIpc) is 3.93. The van der Waals surface area contributed by atoms with E-state index in [9.17, 15) is 0 Å². The molecule has 0 fully saturated rings. The summed E-state index contributed by atoms with van der Waals surface area (Å²) in [4.78, 5) is 11.8. The molecule has 0 saturated carbocycles. The Morgan fingerprint density at radius 1 is 0.345 bits per heavy atom. The number of aromatic nitrogens is 2. The Balaban J connectivity index is 1.01. The van der Waals surface area contributed by atoms with Crippen LogP contribution in [-0.2, 0) is 5.41 Å². The van der Waals surface area contributed by atoms with Gasteiger partial charge in [0.05, 0.1) is 16.8 Å². The quantitative estimate of drug-likeness (QED) is 0.175. The van der Waals surface area contributed by atoms with Crippen LogP contribution in [0, 0.1) is 0 Å². The maximum Gasteiger partial charge on any atom is 0.160 e. The van der Waals surface area contributed by atoms with Gasteiger partial charge in [-0.05, 0) is 79.9 Å². The van der Waals surface area contributed by atoms with Crippen LogP contribution >= 0.6 is 11.3 Å². The third kappa shape index (κ3) is 4.90. The second-order valence-corrected chi connectivity index (χ2v) is 16.3. The van der Waals surface area contributed by atoms with Crippen LogP contribution in [0.1, 0.15) is 21.6 Å². The van der Waals surface area contributed by atoms with E-state index in [2.05, 4.69) is 200 Å². The lowest BCUT2D eigenvalue weighted by molar-refractivity contribution is 0.812. The molecule has 2 nitrogen and oxygen atoms in total. The summed E-state index contributed by atoms with van der Waals surface area (Å²) in [6.45, 7) is 0. The van der Waals surface area contributed by atoms with Gasteiger partial charge in [0.15, 0.2) is 5.82 Å². The van der Waals surface area contributed by atoms with Gasteiger partial charge in [-0.1, -0.05) is 182 Å². The molecule has 0 saturated heterocycles. The van der Waals surface area contributed by atoms with Crippen LogP contribution in [-0.4, -0.2) is 9.97 Å². The van der Waals surface area contributed by atoms with Gasteiger partial charge in [0.1, 0.15) is 0 Å². The monoisotopic (exact) mass is 754 g/mol. The average molecular weight is 755 g/mol. The fraction of sp³-hybridized carbons (Fsp3) is 0.0182. The summed E-state index contributed by atoms with van der Waals surface area (Å²) in [6, 6.07) is 74.6. The van der Waals surface area contributed by atoms with E-state index >= 15 is 0 Å². The van der Waals surface area contributed by atoms with Crippen LogP contribution in [0.5, 0.6) is 0 Å². The molecule has 10 aromatic rings. The molecule has 2 heterocycles. The first kappa shape index (κ1) is 33.0. The third-order valence-corrected chi connectivity index (χ3v) is 13.4. The van der Waals surface area contributed by atoms with Crippen molar-refractivity contribution in [1.29, 1.82) is 0 Å². The predicted octanol–water partition coefficient (Wildman–Crippen LogP) is 14.4. The van der Waals surface area contributed by atoms with E-state index in [0.29, 0.717) is 5.82 Å². The first-order chi connectivity index (χ1) is 28.7. The molecule has 2 aliphatic rings. The highest BCUT2D eigenvalue weighted by Gasteiger charge is 2.53. The number of hydrogen-bond acceptors (Lipinski definition) is 3. The van der Waals surface area contributed by atoms with Crippen molar-refractivity contribution in [3.8, 4) is 78.4 Å². The molecule has 2 aliphatic carbocycles. The van der Waals surface area contributed by atoms with E-state index < -0.39 is 0 Å². The highest BCUT2D eigenvalue weighted by molar-refractivity contribution is 7.20. The molecule has 270 valence electrons. The van der Waals surface area contributed by atoms with Crippen molar-refractivity contribution >= 4 is 21.4 Å². The molecule has 12 rings (SSSR count). The van der Waals surface area contributed by atoms with Crippen molar-refractivity contribution in [3.63, 3.8) is 0 Å². The fourth-order valence-electron chi connectivity index (χ4n) is 9.51. The molecule has 58 heavy (non-hydrogen) atoms. The highest BCUT2D eigenvalue weighted by Crippen LogP contribution is 2.66. The predicted molar refractivity (Wildman–Crippen MR) is 241 cm³/mol. The van der Waals surface area contributed by atoms with Crippen LogP contribution in [0.2, 0.25) is 0 Å². The number of benzene rings is 8. The van der Waals surface area contributed by atoms with Gasteiger partial charge in [-0.15, -0.1) is 11.3 Å². The minimum absolute atomic E-state index is 0.358. The lowest BCUT2D eigenvalue weighted by atomic mass is 9.73. The number of hydrogen-bond donors (Lipinski definition) is 0. The van der Waals surface area contributed by atoms with Crippen LogP contribution in [0.25, 0.3) is 88.5 Å². The Hall–Kier alpha value is -7.20. The van der Waals surface area contributed by atoms with E-state index in [0.717, 1.165) is 33.6 Å². The Bertz CT molecular complexity index is 3170. The zero-order valence-electron chi connectivity index (χ0n) is 31.4. The lowest BCUT2D eigenvalue weighted by Crippen LogP contribution is -2.24. The molecule has 0 N–H and O–H groups in total. The first-order valence-electron chi connectivity index (χ1n) is 19.8. The summed E-state index contributed by atoms with van der Waals surface area (Å²) in [5.74, 6) is 0.704. The first-order valence-corrected chi connectivity index (χ1v) is 20.6. The Morgan fingerprint density at radius 3 is 1.57 bits per heavy atom. The second-order valence-electron chi connectivity index (χ2n) is 15.3. The van der Waals surface area contributed by atoms with Gasteiger partial charge in [0, 0.05) is 37.2 Å². The van der Waals surface area contributed by atoms with Crippen LogP contribution in [0.3, 0.4) is 0 Å². The van der Waals surface area contributed by atoms with Gasteiger partial charge in [-0.25, -0.2) is 9.97 Å². The van der Waals surface area contributed by atoms with Gasteiger partial charge in [-0.3, -0.25) is 0 Å². The maximum absolute atomic E-state index is 5.23. The standard InChI is InChI=1S/C55H34N2S/c1-3-14-35(15-4-1)36-26-28-38(29-27-36)50-34-49(37-16-5-2-6-17-37)56-54(57-50)41-19-13-18-39(32-41)40-30-31-48-45(33-40)52-44-22-9-12-25-51(44)58-53(52)55(48)46-23-10-7-20-42(46)43-21-8-11-24-47(43)55/h1-34H. The molecule has 1 spiro atoms. The van der Waals surface area contributed by atoms with Crippen molar-refractivity contribution in [2.75, 3.05) is 0 Å². The molecule has 0 radical (unpaired) electrons. The number of fused-ring (bicyclic) bond motifs is 12. The zero-order valence-corrected chi connectivity index (χ0v) is 32.2. The van der Waals surface area contributed by atoms with E-state index in [-0.39, 0.29) is 5.41 Å². The summed E-state index contributed by atoms with van der Waals surface area (Å²) >= 11 is 1.95. The lowest BCUT2D eigenvalue weighted by Gasteiger charge is -2.29. The molecule has 0 unspecified atom stereocenters. The van der Waals surface area contributed by atoms with E-state index in [1.54, 1.807) is 0 Å². The molecule has 8 aromatic carbocycles. The van der Waals surface area contributed by atoms with Gasteiger partial charge < -0.3 is 0 Å². The second kappa shape index (κ2) is 12.9. The Morgan fingerprint density at radius 2 is 0.845 bits per heavy atom. The summed E-state index contributed by atoms with van der Waals surface area (Å²) in [6.07, 6.45) is 0. The summed E-state index contributed by atoms with van der Waals surface area (Å²) in [5, 5.41) is 1.32. The Kier molecular flexibility index (Phi) is 7.35. The summed E-state index contributed by atoms with van der Waals surface area (Å²) < 4.78 is 1.33. The number of thiophene rings is 1. The molecular formula is C55H34N2S. The van der Waals surface area contributed by atoms with E-state index in [1.165, 1.54) is 70.6 Å². The topological polar surface area (TPSA) is 25.8 Å². The minimum Gasteiger partial charge on any atom is -0.228 e. The van der Waals surface area contributed by atoms with Gasteiger partial charge in [-0.2, -0.15) is 0 Å². The summed E-state index contributed by atoms with van der Waals surface area (Å²) in [5.41, 5.74) is 18.7. The normalized spacial score (nSPS) is 13.0. The maximum atomic E-state index is 5.23. The summed E-state index contributed by atoms with van der Waals surface area (Å²) in [7, 11) is 0. The highest BCUT2D eigenvalue weighted by atomic mass is 32.1. The van der Waals surface area contributed by atoms with Crippen molar-refractivity contribution < 1.29 is 0 Å². The van der Waals surface area contributed by atoms with Crippen LogP contribution < -0.4 is 0 Å². The molecule has 0 atom stereocenters. The smallest absolute Gasteiger partial charge is 0.160 e. The van der Waals surface area contributed by atoms with Crippen molar-refractivity contribution in [2.45, 2.75) is 5.41 Å². The molecule has 3 heteroatoms. The molecule has 0 aliphatic heterocycles. The van der Waals surface area contributed by atoms with Crippen molar-refractivity contribution in [3.05, 3.63) is 228 Å². The molecule has 2 aromatic heterocycles. The van der Waals surface area contributed by atoms with E-state index in [1.807, 2.05) is 17.4 Å². The Labute approximate surface area is 341 Å². The SMILES string of the molecule is c1ccc(-c2ccc(-c3cc(-c4ccccc4)nc(-c4cccc(-c5ccc6c(c5)-c5c(sc7ccccc57)C65c6ccccc6-c6ccccc65)c4)n3)cc2)cc1. The van der Waals surface area contributed by atoms with Gasteiger partial charge in [0.2, 0.25) is 0 Å². The van der Waals surface area contributed by atoms with E-state index in [4.69, 9.17) is 9.97 Å². The fourth-order valence-corrected chi connectivity index (χ4v) is 11.0. The van der Waals surface area contributed by atoms with Crippen molar-refractivity contribution in [1.82, 2.24) is 9.97 Å². The molecule has 0 bridgehead atoms. The van der Waals surface area contributed by atoms with Crippen LogP contribution in [0.4, 0.5) is 0 Å². The van der Waals surface area contributed by atoms with Gasteiger partial charge in [0.25, 0.3) is 0 Å². The third-order valence-electron chi connectivity index (χ3n) is 12.1. The molecule has 0 amide bonds. The zero-order chi connectivity index (χ0) is 38.2. The number of nitrogens with zero attached hydrogens (tertiary/aromatic N) is 2. The minimum atomic E-state index is -0.358.